The number of aryl methyl sites for hydroxylation is 1. The van der Waals surface area contributed by atoms with Crippen LogP contribution in [0.5, 0.6) is 5.75 Å². The molecule has 2 nitrogen and oxygen atoms in total. The Morgan fingerprint density at radius 2 is 1.93 bits per heavy atom. The van der Waals surface area contributed by atoms with Crippen molar-refractivity contribution < 1.29 is 9.47 Å². The third-order valence-corrected chi connectivity index (χ3v) is 2.38. The molecule has 1 rings (SSSR count). The maximum atomic E-state index is 6.02. The number of unbranched alkanes of at least 4 members (excludes halogenated alkanes) is 1. The molecule has 0 aliphatic heterocycles. The van der Waals surface area contributed by atoms with Crippen LogP contribution in [0.1, 0.15) is 18.4 Å². The maximum Gasteiger partial charge on any atom is 0.137 e. The molecular formula is C12H17ClO2. The quantitative estimate of drug-likeness (QED) is 0.695. The lowest BCUT2D eigenvalue weighted by molar-refractivity contribution is 0.184. The highest BCUT2D eigenvalue weighted by Gasteiger charge is 2.00. The Morgan fingerprint density at radius 3 is 2.60 bits per heavy atom. The normalized spacial score (nSPS) is 10.3. The number of rotatable bonds is 6. The van der Waals surface area contributed by atoms with E-state index in [-0.39, 0.29) is 0 Å². The molecule has 0 aliphatic rings. The van der Waals surface area contributed by atoms with E-state index in [2.05, 4.69) is 0 Å². The third-order valence-electron chi connectivity index (χ3n) is 2.09. The predicted molar refractivity (Wildman–Crippen MR) is 62.8 cm³/mol. The van der Waals surface area contributed by atoms with Crippen molar-refractivity contribution in [1.82, 2.24) is 0 Å². The van der Waals surface area contributed by atoms with Gasteiger partial charge in [0.2, 0.25) is 0 Å². The lowest BCUT2D eigenvalue weighted by Crippen LogP contribution is -2.00. The molecule has 0 spiro atoms. The van der Waals surface area contributed by atoms with E-state index in [0.717, 1.165) is 30.8 Å². The first-order chi connectivity index (χ1) is 7.24. The molecule has 0 aromatic heterocycles. The second-order valence-corrected chi connectivity index (χ2v) is 3.89. The van der Waals surface area contributed by atoms with E-state index in [1.165, 1.54) is 0 Å². The van der Waals surface area contributed by atoms with Gasteiger partial charge in [-0.05, 0) is 37.5 Å². The zero-order valence-electron chi connectivity index (χ0n) is 9.25. The van der Waals surface area contributed by atoms with Crippen LogP contribution < -0.4 is 4.74 Å². The van der Waals surface area contributed by atoms with Gasteiger partial charge in [0.15, 0.2) is 0 Å². The van der Waals surface area contributed by atoms with Crippen molar-refractivity contribution in [2.45, 2.75) is 19.8 Å². The van der Waals surface area contributed by atoms with Gasteiger partial charge >= 0.3 is 0 Å². The van der Waals surface area contributed by atoms with Crippen molar-refractivity contribution in [3.63, 3.8) is 0 Å². The molecule has 0 saturated carbocycles. The minimum Gasteiger partial charge on any atom is -0.492 e. The molecular weight excluding hydrogens is 212 g/mol. The smallest absolute Gasteiger partial charge is 0.137 e. The fourth-order valence-corrected chi connectivity index (χ4v) is 1.54. The SMILES string of the molecule is COCCCCOc1ccc(C)cc1Cl. The minimum atomic E-state index is 0.682. The van der Waals surface area contributed by atoms with Crippen LogP contribution in [-0.2, 0) is 4.74 Å². The number of benzene rings is 1. The van der Waals surface area contributed by atoms with Gasteiger partial charge in [-0.3, -0.25) is 0 Å². The summed E-state index contributed by atoms with van der Waals surface area (Å²) in [5, 5.41) is 0.682. The highest BCUT2D eigenvalue weighted by Crippen LogP contribution is 2.25. The van der Waals surface area contributed by atoms with Crippen molar-refractivity contribution >= 4 is 11.6 Å². The molecule has 0 amide bonds. The van der Waals surface area contributed by atoms with Gasteiger partial charge in [-0.15, -0.1) is 0 Å². The minimum absolute atomic E-state index is 0.682. The summed E-state index contributed by atoms with van der Waals surface area (Å²) in [6, 6.07) is 5.82. The van der Waals surface area contributed by atoms with Gasteiger partial charge in [0.05, 0.1) is 11.6 Å². The van der Waals surface area contributed by atoms with Crippen LogP contribution in [-0.4, -0.2) is 20.3 Å². The zero-order chi connectivity index (χ0) is 11.1. The molecule has 84 valence electrons. The van der Waals surface area contributed by atoms with Crippen LogP contribution in [0.2, 0.25) is 5.02 Å². The summed E-state index contributed by atoms with van der Waals surface area (Å²) in [7, 11) is 1.71. The summed E-state index contributed by atoms with van der Waals surface area (Å²) in [4.78, 5) is 0. The average Bonchev–Trinajstić information content (AvgIpc) is 2.20. The van der Waals surface area contributed by atoms with E-state index in [4.69, 9.17) is 21.1 Å². The van der Waals surface area contributed by atoms with Crippen LogP contribution in [0.4, 0.5) is 0 Å². The van der Waals surface area contributed by atoms with Crippen LogP contribution in [0, 0.1) is 6.92 Å². The Labute approximate surface area is 96.2 Å². The molecule has 0 atom stereocenters. The first-order valence-electron chi connectivity index (χ1n) is 5.12. The van der Waals surface area contributed by atoms with Crippen molar-refractivity contribution in [2.75, 3.05) is 20.3 Å². The second-order valence-electron chi connectivity index (χ2n) is 3.48. The molecule has 0 bridgehead atoms. The van der Waals surface area contributed by atoms with Crippen LogP contribution in [0.25, 0.3) is 0 Å². The van der Waals surface area contributed by atoms with Crippen molar-refractivity contribution in [3.8, 4) is 5.75 Å². The zero-order valence-corrected chi connectivity index (χ0v) is 10.0. The fourth-order valence-electron chi connectivity index (χ4n) is 1.25. The van der Waals surface area contributed by atoms with Crippen LogP contribution in [0.15, 0.2) is 18.2 Å². The first-order valence-corrected chi connectivity index (χ1v) is 5.49. The van der Waals surface area contributed by atoms with E-state index < -0.39 is 0 Å². The van der Waals surface area contributed by atoms with E-state index in [9.17, 15) is 0 Å². The summed E-state index contributed by atoms with van der Waals surface area (Å²) in [5.41, 5.74) is 1.15. The van der Waals surface area contributed by atoms with Gasteiger partial charge in [-0.25, -0.2) is 0 Å². The second kappa shape index (κ2) is 6.70. The molecule has 0 fully saturated rings. The van der Waals surface area contributed by atoms with Gasteiger partial charge in [-0.2, -0.15) is 0 Å². The first kappa shape index (κ1) is 12.3. The average molecular weight is 229 g/mol. The fraction of sp³-hybridized carbons (Fsp3) is 0.500. The van der Waals surface area contributed by atoms with E-state index in [1.54, 1.807) is 7.11 Å². The van der Waals surface area contributed by atoms with E-state index >= 15 is 0 Å². The number of ether oxygens (including phenoxy) is 2. The Balaban J connectivity index is 2.31. The summed E-state index contributed by atoms with van der Waals surface area (Å²) in [6.45, 7) is 3.48. The molecule has 0 N–H and O–H groups in total. The van der Waals surface area contributed by atoms with Crippen LogP contribution >= 0.6 is 11.6 Å². The maximum absolute atomic E-state index is 6.02. The third kappa shape index (κ3) is 4.54. The van der Waals surface area contributed by atoms with E-state index in [1.807, 2.05) is 25.1 Å². The highest BCUT2D eigenvalue weighted by atomic mass is 35.5. The summed E-state index contributed by atoms with van der Waals surface area (Å²) < 4.78 is 10.5. The van der Waals surface area contributed by atoms with Gasteiger partial charge in [0, 0.05) is 13.7 Å². The van der Waals surface area contributed by atoms with E-state index in [0.29, 0.717) is 11.6 Å². The topological polar surface area (TPSA) is 18.5 Å². The lowest BCUT2D eigenvalue weighted by Gasteiger charge is -2.08. The number of halogens is 1. The standard InChI is InChI=1S/C12H17ClO2/c1-10-5-6-12(11(13)9-10)15-8-4-3-7-14-2/h5-6,9H,3-4,7-8H2,1-2H3. The Bertz CT molecular complexity index is 300. The molecule has 1 aromatic carbocycles. The summed E-state index contributed by atoms with van der Waals surface area (Å²) >= 11 is 6.02. The molecule has 3 heteroatoms. The monoisotopic (exact) mass is 228 g/mol. The van der Waals surface area contributed by atoms with Gasteiger partial charge in [0.25, 0.3) is 0 Å². The molecule has 0 unspecified atom stereocenters. The number of methoxy groups -OCH3 is 1. The molecule has 15 heavy (non-hydrogen) atoms. The van der Waals surface area contributed by atoms with Crippen molar-refractivity contribution in [3.05, 3.63) is 28.8 Å². The number of hydrogen-bond acceptors (Lipinski definition) is 2. The Kier molecular flexibility index (Phi) is 5.51. The summed E-state index contributed by atoms with van der Waals surface area (Å²) in [5.74, 6) is 0.764. The Morgan fingerprint density at radius 1 is 1.20 bits per heavy atom. The molecule has 0 aliphatic carbocycles. The number of hydrogen-bond donors (Lipinski definition) is 0. The van der Waals surface area contributed by atoms with Crippen LogP contribution in [0.3, 0.4) is 0 Å². The van der Waals surface area contributed by atoms with Crippen molar-refractivity contribution in [2.24, 2.45) is 0 Å². The lowest BCUT2D eigenvalue weighted by atomic mass is 10.2. The highest BCUT2D eigenvalue weighted by molar-refractivity contribution is 6.32. The molecule has 0 saturated heterocycles. The molecule has 1 aromatic rings. The predicted octanol–water partition coefficient (Wildman–Crippen LogP) is 3.45. The Hall–Kier alpha value is -0.730. The molecule has 0 radical (unpaired) electrons. The van der Waals surface area contributed by atoms with Gasteiger partial charge in [0.1, 0.15) is 5.75 Å². The van der Waals surface area contributed by atoms with Gasteiger partial charge in [-0.1, -0.05) is 17.7 Å². The summed E-state index contributed by atoms with van der Waals surface area (Å²) in [6.07, 6.45) is 2.00. The van der Waals surface area contributed by atoms with Crippen molar-refractivity contribution in [1.29, 1.82) is 0 Å². The largest absolute Gasteiger partial charge is 0.492 e. The molecule has 0 heterocycles. The van der Waals surface area contributed by atoms with Gasteiger partial charge < -0.3 is 9.47 Å².